The van der Waals surface area contributed by atoms with Crippen molar-refractivity contribution in [3.05, 3.63) is 26.6 Å². The van der Waals surface area contributed by atoms with Gasteiger partial charge in [-0.05, 0) is 28.1 Å². The van der Waals surface area contributed by atoms with Gasteiger partial charge in [-0.2, -0.15) is 0 Å². The Morgan fingerprint density at radius 2 is 1.87 bits per heavy atom. The SMILES string of the molecule is O=S(=O)([O-])Cc1cc(Br)cc(Br)c1O.[Na+]. The van der Waals surface area contributed by atoms with Crippen molar-refractivity contribution in [2.75, 3.05) is 0 Å². The first-order valence-electron chi connectivity index (χ1n) is 3.40. The third-order valence-electron chi connectivity index (χ3n) is 1.44. The predicted octanol–water partition coefficient (Wildman–Crippen LogP) is -1.03. The Kier molecular flexibility index (Phi) is 6.35. The van der Waals surface area contributed by atoms with Gasteiger partial charge in [0.15, 0.2) is 0 Å². The summed E-state index contributed by atoms with van der Waals surface area (Å²) in [5.74, 6) is -0.954. The number of phenolic OH excluding ortho intramolecular Hbond substituents is 1. The van der Waals surface area contributed by atoms with Crippen molar-refractivity contribution < 1.29 is 47.6 Å². The van der Waals surface area contributed by atoms with Gasteiger partial charge in [-0.25, -0.2) is 8.42 Å². The fraction of sp³-hybridized carbons (Fsp3) is 0.143. The van der Waals surface area contributed by atoms with E-state index in [1.165, 1.54) is 6.07 Å². The molecular weight excluding hydrogens is 363 g/mol. The summed E-state index contributed by atoms with van der Waals surface area (Å²) in [7, 11) is -4.38. The van der Waals surface area contributed by atoms with E-state index in [1.807, 2.05) is 0 Å². The minimum absolute atomic E-state index is 0. The maximum Gasteiger partial charge on any atom is 1.00 e. The van der Waals surface area contributed by atoms with Gasteiger partial charge in [0.1, 0.15) is 5.75 Å². The minimum Gasteiger partial charge on any atom is -0.748 e. The Bertz CT molecular complexity index is 460. The number of hydrogen-bond acceptors (Lipinski definition) is 4. The minimum atomic E-state index is -4.38. The fourth-order valence-corrected chi connectivity index (χ4v) is 2.83. The number of benzene rings is 1. The van der Waals surface area contributed by atoms with Crippen LogP contribution in [0.3, 0.4) is 0 Å². The molecular formula is C7H5Br2NaO4S. The van der Waals surface area contributed by atoms with Crippen LogP contribution in [0.15, 0.2) is 21.1 Å². The van der Waals surface area contributed by atoms with Crippen LogP contribution < -0.4 is 29.6 Å². The second kappa shape index (κ2) is 6.00. The van der Waals surface area contributed by atoms with Crippen LogP contribution in [0.2, 0.25) is 0 Å². The molecule has 0 aliphatic rings. The zero-order valence-corrected chi connectivity index (χ0v) is 13.7. The Balaban J connectivity index is 0.00000196. The second-order valence-corrected chi connectivity index (χ2v) is 5.77. The second-order valence-electron chi connectivity index (χ2n) is 2.60. The van der Waals surface area contributed by atoms with Gasteiger partial charge < -0.3 is 9.66 Å². The summed E-state index contributed by atoms with van der Waals surface area (Å²) in [6.07, 6.45) is 0. The molecule has 0 radical (unpaired) electrons. The summed E-state index contributed by atoms with van der Waals surface area (Å²) in [4.78, 5) is 0. The van der Waals surface area contributed by atoms with E-state index in [-0.39, 0.29) is 40.9 Å². The fourth-order valence-electron chi connectivity index (χ4n) is 0.920. The molecule has 1 N–H and O–H groups in total. The molecule has 0 saturated carbocycles. The zero-order chi connectivity index (χ0) is 10.9. The van der Waals surface area contributed by atoms with Gasteiger partial charge in [0, 0.05) is 10.0 Å². The number of hydrogen-bond donors (Lipinski definition) is 1. The third-order valence-corrected chi connectivity index (χ3v) is 3.17. The van der Waals surface area contributed by atoms with Crippen molar-refractivity contribution in [1.82, 2.24) is 0 Å². The smallest absolute Gasteiger partial charge is 0.748 e. The molecule has 0 fully saturated rings. The molecule has 1 aromatic carbocycles. The van der Waals surface area contributed by atoms with Crippen molar-refractivity contribution in [3.8, 4) is 5.75 Å². The van der Waals surface area contributed by atoms with E-state index in [2.05, 4.69) is 31.9 Å². The molecule has 0 atom stereocenters. The largest absolute Gasteiger partial charge is 1.00 e. The topological polar surface area (TPSA) is 77.4 Å². The van der Waals surface area contributed by atoms with E-state index < -0.39 is 15.9 Å². The van der Waals surface area contributed by atoms with Gasteiger partial charge in [0.2, 0.25) is 0 Å². The van der Waals surface area contributed by atoms with Crippen molar-refractivity contribution >= 4 is 42.0 Å². The molecule has 0 spiro atoms. The molecule has 0 aliphatic carbocycles. The molecule has 1 rings (SSSR count). The van der Waals surface area contributed by atoms with Gasteiger partial charge in [0.25, 0.3) is 0 Å². The van der Waals surface area contributed by atoms with Crippen LogP contribution in [0.5, 0.6) is 5.75 Å². The van der Waals surface area contributed by atoms with Gasteiger partial charge in [-0.1, -0.05) is 15.9 Å². The Morgan fingerprint density at radius 3 is 2.33 bits per heavy atom. The maximum atomic E-state index is 10.5. The standard InChI is InChI=1S/C7H6Br2O4S.Na/c8-5-1-4(3-14(11,12)13)7(10)6(9)2-5;/h1-2,10H,3H2,(H,11,12,13);/q;+1/p-1. The number of rotatable bonds is 2. The summed E-state index contributed by atoms with van der Waals surface area (Å²) in [5.41, 5.74) is 0.0706. The molecule has 0 amide bonds. The van der Waals surface area contributed by atoms with Crippen LogP contribution in [-0.4, -0.2) is 18.1 Å². The first-order chi connectivity index (χ1) is 6.29. The van der Waals surface area contributed by atoms with Crippen LogP contribution in [0.4, 0.5) is 0 Å². The molecule has 8 heteroatoms. The van der Waals surface area contributed by atoms with Gasteiger partial charge >= 0.3 is 29.6 Å². The number of halogens is 2. The van der Waals surface area contributed by atoms with Crippen molar-refractivity contribution in [2.24, 2.45) is 0 Å². The molecule has 0 unspecified atom stereocenters. The Morgan fingerprint density at radius 1 is 1.33 bits per heavy atom. The molecule has 15 heavy (non-hydrogen) atoms. The molecule has 78 valence electrons. The van der Waals surface area contributed by atoms with E-state index in [0.29, 0.717) is 8.95 Å². The monoisotopic (exact) mass is 366 g/mol. The van der Waals surface area contributed by atoms with Crippen molar-refractivity contribution in [1.29, 1.82) is 0 Å². The van der Waals surface area contributed by atoms with Gasteiger partial charge in [-0.15, -0.1) is 0 Å². The quantitative estimate of drug-likeness (QED) is 0.535. The molecule has 0 aliphatic heterocycles. The van der Waals surface area contributed by atoms with Crippen LogP contribution in [0.25, 0.3) is 0 Å². The van der Waals surface area contributed by atoms with Crippen LogP contribution in [0, 0.1) is 0 Å². The van der Waals surface area contributed by atoms with E-state index in [9.17, 15) is 18.1 Å². The number of aromatic hydroxyl groups is 1. The molecule has 0 saturated heterocycles. The first kappa shape index (κ1) is 15.9. The average Bonchev–Trinajstić information content (AvgIpc) is 1.96. The van der Waals surface area contributed by atoms with Gasteiger partial charge in [-0.3, -0.25) is 0 Å². The van der Waals surface area contributed by atoms with Crippen LogP contribution in [0.1, 0.15) is 5.56 Å². The normalized spacial score (nSPS) is 10.9. The zero-order valence-electron chi connectivity index (χ0n) is 7.70. The molecule has 0 bridgehead atoms. The summed E-state index contributed by atoms with van der Waals surface area (Å²) in [6, 6.07) is 2.94. The number of phenols is 1. The van der Waals surface area contributed by atoms with E-state index in [1.54, 1.807) is 6.07 Å². The van der Waals surface area contributed by atoms with Crippen molar-refractivity contribution in [2.45, 2.75) is 5.75 Å². The summed E-state index contributed by atoms with van der Waals surface area (Å²) in [6.45, 7) is 0. The van der Waals surface area contributed by atoms with E-state index in [4.69, 9.17) is 0 Å². The Labute approximate surface area is 126 Å². The summed E-state index contributed by atoms with van der Waals surface area (Å²) < 4.78 is 32.4. The average molecular weight is 368 g/mol. The predicted molar refractivity (Wildman–Crippen MR) is 56.9 cm³/mol. The maximum absolute atomic E-state index is 10.5. The van der Waals surface area contributed by atoms with Gasteiger partial charge in [0.05, 0.1) is 20.3 Å². The molecule has 4 nitrogen and oxygen atoms in total. The van der Waals surface area contributed by atoms with E-state index in [0.717, 1.165) is 0 Å². The van der Waals surface area contributed by atoms with Crippen molar-refractivity contribution in [3.63, 3.8) is 0 Å². The molecule has 1 aromatic rings. The Hall–Kier alpha value is 0.890. The van der Waals surface area contributed by atoms with Crippen LogP contribution >= 0.6 is 31.9 Å². The molecule has 0 heterocycles. The van der Waals surface area contributed by atoms with E-state index >= 15 is 0 Å². The summed E-state index contributed by atoms with van der Waals surface area (Å²) in [5, 5.41) is 9.41. The molecule has 0 aromatic heterocycles. The van der Waals surface area contributed by atoms with Crippen LogP contribution in [-0.2, 0) is 15.9 Å². The third kappa shape index (κ3) is 5.16. The summed E-state index contributed by atoms with van der Waals surface area (Å²) >= 11 is 6.14. The first-order valence-corrected chi connectivity index (χ1v) is 6.56.